The SMILES string of the molecule is Cc1nc2c(s1)c(=NO)nc(-c1ccccc1)c1ccccc12. The van der Waals surface area contributed by atoms with E-state index in [2.05, 4.69) is 15.1 Å². The Labute approximate surface area is 136 Å². The molecule has 0 aliphatic heterocycles. The Hall–Kier alpha value is -2.79. The van der Waals surface area contributed by atoms with Gasteiger partial charge in [0.25, 0.3) is 0 Å². The number of aryl methyl sites for hydroxylation is 1. The molecule has 0 saturated heterocycles. The molecule has 2 aromatic carbocycles. The van der Waals surface area contributed by atoms with Gasteiger partial charge in [0, 0.05) is 16.3 Å². The van der Waals surface area contributed by atoms with E-state index in [9.17, 15) is 5.21 Å². The second-order valence-corrected chi connectivity index (χ2v) is 6.41. The van der Waals surface area contributed by atoms with Crippen LogP contribution in [-0.2, 0) is 0 Å². The van der Waals surface area contributed by atoms with Crippen LogP contribution in [0.5, 0.6) is 0 Å². The monoisotopic (exact) mass is 319 g/mol. The van der Waals surface area contributed by atoms with Gasteiger partial charge >= 0.3 is 0 Å². The van der Waals surface area contributed by atoms with Crippen LogP contribution < -0.4 is 5.49 Å². The van der Waals surface area contributed by atoms with Crippen molar-refractivity contribution < 1.29 is 5.21 Å². The van der Waals surface area contributed by atoms with E-state index in [1.165, 1.54) is 11.3 Å². The summed E-state index contributed by atoms with van der Waals surface area (Å²) in [6.07, 6.45) is 0. The van der Waals surface area contributed by atoms with Crippen LogP contribution in [0.4, 0.5) is 0 Å². The molecule has 2 aromatic heterocycles. The summed E-state index contributed by atoms with van der Waals surface area (Å²) in [6.45, 7) is 1.94. The molecule has 0 atom stereocenters. The summed E-state index contributed by atoms with van der Waals surface area (Å²) in [5, 5.41) is 15.8. The van der Waals surface area contributed by atoms with Gasteiger partial charge in [0.1, 0.15) is 4.70 Å². The minimum absolute atomic E-state index is 0.306. The van der Waals surface area contributed by atoms with Gasteiger partial charge in [-0.3, -0.25) is 0 Å². The number of thiazole rings is 1. The molecule has 23 heavy (non-hydrogen) atoms. The van der Waals surface area contributed by atoms with E-state index in [0.717, 1.165) is 37.3 Å². The average Bonchev–Trinajstić information content (AvgIpc) is 2.93. The first-order chi connectivity index (χ1) is 11.3. The fourth-order valence-electron chi connectivity index (χ4n) is 2.76. The van der Waals surface area contributed by atoms with Gasteiger partial charge in [-0.05, 0) is 6.92 Å². The summed E-state index contributed by atoms with van der Waals surface area (Å²) < 4.78 is 0.795. The lowest BCUT2D eigenvalue weighted by atomic mass is 10.1. The lowest BCUT2D eigenvalue weighted by Crippen LogP contribution is -2.04. The second-order valence-electron chi connectivity index (χ2n) is 5.21. The minimum atomic E-state index is 0.306. The van der Waals surface area contributed by atoms with Crippen molar-refractivity contribution in [3.05, 3.63) is 65.1 Å². The van der Waals surface area contributed by atoms with Crippen LogP contribution in [0.25, 0.3) is 32.2 Å². The first-order valence-corrected chi connectivity index (χ1v) is 8.03. The van der Waals surface area contributed by atoms with Crippen molar-refractivity contribution in [2.24, 2.45) is 5.16 Å². The Morgan fingerprint density at radius 3 is 2.35 bits per heavy atom. The zero-order valence-corrected chi connectivity index (χ0v) is 13.2. The molecular formula is C18H13N3OS. The number of hydrogen-bond acceptors (Lipinski definition) is 5. The van der Waals surface area contributed by atoms with Crippen molar-refractivity contribution in [3.63, 3.8) is 0 Å². The molecule has 4 rings (SSSR count). The van der Waals surface area contributed by atoms with Crippen molar-refractivity contribution in [1.29, 1.82) is 0 Å². The van der Waals surface area contributed by atoms with Crippen LogP contribution in [0.15, 0.2) is 59.8 Å². The van der Waals surface area contributed by atoms with Gasteiger partial charge in [0.15, 0.2) is 0 Å². The molecule has 0 aliphatic carbocycles. The van der Waals surface area contributed by atoms with Crippen molar-refractivity contribution in [2.45, 2.75) is 6.92 Å². The Balaban J connectivity index is 2.30. The summed E-state index contributed by atoms with van der Waals surface area (Å²) in [5.74, 6) is 0. The molecule has 0 bridgehead atoms. The Morgan fingerprint density at radius 2 is 1.61 bits per heavy atom. The maximum absolute atomic E-state index is 9.48. The third kappa shape index (κ3) is 2.26. The first kappa shape index (κ1) is 13.8. The Bertz CT molecular complexity index is 1090. The molecule has 4 aromatic rings. The van der Waals surface area contributed by atoms with E-state index in [0.29, 0.717) is 5.49 Å². The Morgan fingerprint density at radius 1 is 0.913 bits per heavy atom. The number of benzene rings is 2. The number of rotatable bonds is 1. The molecule has 0 aliphatic rings. The van der Waals surface area contributed by atoms with E-state index in [1.807, 2.05) is 61.5 Å². The first-order valence-electron chi connectivity index (χ1n) is 7.21. The molecule has 2 heterocycles. The highest BCUT2D eigenvalue weighted by Gasteiger charge is 2.12. The van der Waals surface area contributed by atoms with Crippen molar-refractivity contribution in [1.82, 2.24) is 9.97 Å². The topological polar surface area (TPSA) is 58.4 Å². The van der Waals surface area contributed by atoms with Crippen LogP contribution in [0, 0.1) is 6.92 Å². The normalized spacial score (nSPS) is 12.1. The summed E-state index contributed by atoms with van der Waals surface area (Å²) >= 11 is 1.49. The third-order valence-corrected chi connectivity index (χ3v) is 4.70. The highest BCUT2D eigenvalue weighted by Crippen LogP contribution is 2.30. The van der Waals surface area contributed by atoms with Gasteiger partial charge in [-0.1, -0.05) is 59.8 Å². The van der Waals surface area contributed by atoms with E-state index in [-0.39, 0.29) is 0 Å². The predicted molar refractivity (Wildman–Crippen MR) is 92.4 cm³/mol. The molecule has 4 nitrogen and oxygen atoms in total. The molecule has 112 valence electrons. The number of aromatic nitrogens is 2. The average molecular weight is 319 g/mol. The lowest BCUT2D eigenvalue weighted by Gasteiger charge is -2.01. The molecule has 0 amide bonds. The van der Waals surface area contributed by atoms with Crippen molar-refractivity contribution in [2.75, 3.05) is 0 Å². The van der Waals surface area contributed by atoms with Gasteiger partial charge in [0.05, 0.1) is 16.2 Å². The molecule has 1 N–H and O–H groups in total. The van der Waals surface area contributed by atoms with E-state index < -0.39 is 0 Å². The standard InChI is InChI=1S/C18H13N3OS/c1-11-19-16-14-10-6-5-9-13(14)15(12-7-3-2-4-8-12)20-18(21-22)17(16)23-11/h2-10,22H,1H3. The number of nitrogens with zero attached hydrogens (tertiary/aromatic N) is 3. The smallest absolute Gasteiger partial charge is 0.211 e. The lowest BCUT2D eigenvalue weighted by molar-refractivity contribution is 0.300. The largest absolute Gasteiger partial charge is 0.409 e. The second kappa shape index (κ2) is 5.44. The maximum atomic E-state index is 9.48. The van der Waals surface area contributed by atoms with Crippen LogP contribution in [-0.4, -0.2) is 15.2 Å². The van der Waals surface area contributed by atoms with Gasteiger partial charge in [-0.25, -0.2) is 9.97 Å². The summed E-state index contributed by atoms with van der Waals surface area (Å²) in [4.78, 5) is 9.28. The predicted octanol–water partition coefficient (Wildman–Crippen LogP) is 4.11. The van der Waals surface area contributed by atoms with E-state index in [4.69, 9.17) is 0 Å². The fourth-order valence-corrected chi connectivity index (χ4v) is 3.62. The van der Waals surface area contributed by atoms with Crippen LogP contribution in [0.1, 0.15) is 5.01 Å². The molecule has 0 radical (unpaired) electrons. The van der Waals surface area contributed by atoms with Crippen molar-refractivity contribution in [3.8, 4) is 11.3 Å². The van der Waals surface area contributed by atoms with Crippen LogP contribution in [0.2, 0.25) is 0 Å². The zero-order valence-electron chi connectivity index (χ0n) is 12.4. The quantitative estimate of drug-likeness (QED) is 0.424. The highest BCUT2D eigenvalue weighted by molar-refractivity contribution is 7.18. The minimum Gasteiger partial charge on any atom is -0.409 e. The summed E-state index contributed by atoms with van der Waals surface area (Å²) in [5.41, 5.74) is 2.90. The van der Waals surface area contributed by atoms with E-state index in [1.54, 1.807) is 0 Å². The van der Waals surface area contributed by atoms with Gasteiger partial charge in [0.2, 0.25) is 5.49 Å². The molecule has 0 saturated carbocycles. The number of hydrogen-bond donors (Lipinski definition) is 1. The zero-order chi connectivity index (χ0) is 15.8. The summed E-state index contributed by atoms with van der Waals surface area (Å²) in [6, 6.07) is 17.9. The molecule has 0 spiro atoms. The Kier molecular flexibility index (Phi) is 3.28. The third-order valence-electron chi connectivity index (χ3n) is 3.73. The van der Waals surface area contributed by atoms with Crippen LogP contribution in [0.3, 0.4) is 0 Å². The van der Waals surface area contributed by atoms with Gasteiger partial charge in [-0.2, -0.15) is 0 Å². The highest BCUT2D eigenvalue weighted by atomic mass is 32.1. The molecule has 0 fully saturated rings. The summed E-state index contributed by atoms with van der Waals surface area (Å²) in [7, 11) is 0. The van der Waals surface area contributed by atoms with Crippen LogP contribution >= 0.6 is 11.3 Å². The molecule has 0 unspecified atom stereocenters. The maximum Gasteiger partial charge on any atom is 0.211 e. The van der Waals surface area contributed by atoms with Crippen molar-refractivity contribution >= 4 is 32.3 Å². The van der Waals surface area contributed by atoms with Gasteiger partial charge in [-0.15, -0.1) is 11.3 Å². The molecular weight excluding hydrogens is 306 g/mol. The number of fused-ring (bicyclic) bond motifs is 3. The van der Waals surface area contributed by atoms with E-state index >= 15 is 0 Å². The van der Waals surface area contributed by atoms with Gasteiger partial charge < -0.3 is 5.21 Å². The molecule has 5 heteroatoms. The fraction of sp³-hybridized carbons (Fsp3) is 0.0556.